The maximum atomic E-state index is 12.7. The van der Waals surface area contributed by atoms with E-state index in [0.29, 0.717) is 31.2 Å². The summed E-state index contributed by atoms with van der Waals surface area (Å²) in [6.07, 6.45) is 8.88. The number of piperidine rings is 1. The van der Waals surface area contributed by atoms with Crippen LogP contribution in [0, 0.1) is 11.8 Å². The highest BCUT2D eigenvalue weighted by atomic mass is 16.5. The molecule has 2 amide bonds. The van der Waals surface area contributed by atoms with Gasteiger partial charge in [-0.25, -0.2) is 0 Å². The Morgan fingerprint density at radius 3 is 2.43 bits per heavy atom. The molecule has 1 aliphatic carbocycles. The largest absolute Gasteiger partial charge is 0.497 e. The Labute approximate surface area is 180 Å². The van der Waals surface area contributed by atoms with E-state index in [1.54, 1.807) is 14.2 Å². The number of amides is 2. The minimum absolute atomic E-state index is 0.0968. The maximum Gasteiger partial charge on any atom is 0.225 e. The molecule has 2 fully saturated rings. The molecule has 6 heteroatoms. The Kier molecular flexibility index (Phi) is 8.40. The van der Waals surface area contributed by atoms with Crippen LogP contribution in [0.1, 0.15) is 56.9 Å². The van der Waals surface area contributed by atoms with Crippen molar-refractivity contribution >= 4 is 11.8 Å². The van der Waals surface area contributed by atoms with E-state index < -0.39 is 0 Å². The summed E-state index contributed by atoms with van der Waals surface area (Å²) < 4.78 is 10.6. The van der Waals surface area contributed by atoms with E-state index in [9.17, 15) is 9.59 Å². The SMILES string of the molecule is COc1ccc(CCNC(=O)CC2CCN(C(=O)C3CCCCC3)CC2)c(OC)c1. The molecular weight excluding hydrogens is 380 g/mol. The number of nitrogens with one attached hydrogen (secondary N) is 1. The van der Waals surface area contributed by atoms with Crippen LogP contribution in [0.25, 0.3) is 0 Å². The van der Waals surface area contributed by atoms with Gasteiger partial charge in [0.15, 0.2) is 0 Å². The summed E-state index contributed by atoms with van der Waals surface area (Å²) in [7, 11) is 3.27. The van der Waals surface area contributed by atoms with Crippen LogP contribution in [0.15, 0.2) is 18.2 Å². The highest BCUT2D eigenvalue weighted by Gasteiger charge is 2.29. The normalized spacial score (nSPS) is 18.1. The molecule has 0 radical (unpaired) electrons. The molecule has 1 heterocycles. The summed E-state index contributed by atoms with van der Waals surface area (Å²) in [5, 5.41) is 3.04. The first-order valence-electron chi connectivity index (χ1n) is 11.4. The molecule has 166 valence electrons. The molecule has 6 nitrogen and oxygen atoms in total. The molecule has 0 bridgehead atoms. The Morgan fingerprint density at radius 2 is 1.77 bits per heavy atom. The molecule has 1 aromatic carbocycles. The number of rotatable bonds is 8. The fourth-order valence-corrected chi connectivity index (χ4v) is 4.69. The number of hydrogen-bond donors (Lipinski definition) is 1. The number of ether oxygens (including phenoxy) is 2. The Hall–Kier alpha value is -2.24. The lowest BCUT2D eigenvalue weighted by Gasteiger charge is -2.35. The lowest BCUT2D eigenvalue weighted by molar-refractivity contribution is -0.138. The van der Waals surface area contributed by atoms with Crippen LogP contribution in [0.2, 0.25) is 0 Å². The zero-order valence-electron chi connectivity index (χ0n) is 18.5. The van der Waals surface area contributed by atoms with Gasteiger partial charge < -0.3 is 19.7 Å². The molecule has 0 aromatic heterocycles. The van der Waals surface area contributed by atoms with Gasteiger partial charge >= 0.3 is 0 Å². The Balaban J connectivity index is 1.36. The number of carbonyl (C=O) groups excluding carboxylic acids is 2. The second kappa shape index (κ2) is 11.2. The van der Waals surface area contributed by atoms with E-state index in [1.807, 2.05) is 23.1 Å². The summed E-state index contributed by atoms with van der Waals surface area (Å²) in [5.41, 5.74) is 1.05. The predicted octanol–water partition coefficient (Wildman–Crippen LogP) is 3.57. The summed E-state index contributed by atoms with van der Waals surface area (Å²) in [5.74, 6) is 2.60. The van der Waals surface area contributed by atoms with Crippen molar-refractivity contribution in [3.05, 3.63) is 23.8 Å². The lowest BCUT2D eigenvalue weighted by atomic mass is 9.87. The summed E-state index contributed by atoms with van der Waals surface area (Å²) in [4.78, 5) is 27.1. The lowest BCUT2D eigenvalue weighted by Crippen LogP contribution is -2.43. The fraction of sp³-hybridized carbons (Fsp3) is 0.667. The maximum absolute atomic E-state index is 12.7. The summed E-state index contributed by atoms with van der Waals surface area (Å²) in [6.45, 7) is 2.19. The molecule has 1 N–H and O–H groups in total. The van der Waals surface area contributed by atoms with Crippen molar-refractivity contribution in [2.45, 2.75) is 57.8 Å². The van der Waals surface area contributed by atoms with Gasteiger partial charge in [0.05, 0.1) is 14.2 Å². The van der Waals surface area contributed by atoms with E-state index in [-0.39, 0.29) is 11.8 Å². The standard InChI is InChI=1S/C24H36N2O4/c1-29-21-9-8-19(22(17-21)30-2)10-13-25-23(27)16-18-11-14-26(15-12-18)24(28)20-6-4-3-5-7-20/h8-9,17-18,20H,3-7,10-16H2,1-2H3,(H,25,27). The molecule has 0 atom stereocenters. The molecule has 1 saturated heterocycles. The van der Waals surface area contributed by atoms with Gasteiger partial charge in [0.1, 0.15) is 11.5 Å². The first-order chi connectivity index (χ1) is 14.6. The summed E-state index contributed by atoms with van der Waals surface area (Å²) >= 11 is 0. The van der Waals surface area contributed by atoms with Gasteiger partial charge in [0.2, 0.25) is 11.8 Å². The van der Waals surface area contributed by atoms with Gasteiger partial charge in [-0.05, 0) is 49.7 Å². The van der Waals surface area contributed by atoms with E-state index in [1.165, 1.54) is 19.3 Å². The van der Waals surface area contributed by atoms with Crippen LogP contribution >= 0.6 is 0 Å². The molecule has 3 rings (SSSR count). The highest BCUT2D eigenvalue weighted by molar-refractivity contribution is 5.79. The molecule has 30 heavy (non-hydrogen) atoms. The van der Waals surface area contributed by atoms with Crippen LogP contribution in [0.3, 0.4) is 0 Å². The third kappa shape index (κ3) is 6.13. The predicted molar refractivity (Wildman–Crippen MR) is 117 cm³/mol. The Morgan fingerprint density at radius 1 is 1.03 bits per heavy atom. The van der Waals surface area contributed by atoms with E-state index >= 15 is 0 Å². The third-order valence-corrected chi connectivity index (χ3v) is 6.57. The second-order valence-corrected chi connectivity index (χ2v) is 8.59. The van der Waals surface area contributed by atoms with Crippen LogP contribution in [0.5, 0.6) is 11.5 Å². The molecule has 2 aliphatic rings. The minimum atomic E-state index is 0.0968. The minimum Gasteiger partial charge on any atom is -0.497 e. The van der Waals surface area contributed by atoms with Crippen molar-refractivity contribution in [3.63, 3.8) is 0 Å². The van der Waals surface area contributed by atoms with Crippen LogP contribution in [-0.4, -0.2) is 50.6 Å². The molecule has 1 aromatic rings. The zero-order chi connectivity index (χ0) is 21.3. The van der Waals surface area contributed by atoms with Crippen molar-refractivity contribution in [2.24, 2.45) is 11.8 Å². The molecule has 0 spiro atoms. The number of methoxy groups -OCH3 is 2. The fourth-order valence-electron chi connectivity index (χ4n) is 4.69. The number of benzene rings is 1. The second-order valence-electron chi connectivity index (χ2n) is 8.59. The van der Waals surface area contributed by atoms with Crippen molar-refractivity contribution in [2.75, 3.05) is 33.9 Å². The molecule has 1 aliphatic heterocycles. The zero-order valence-corrected chi connectivity index (χ0v) is 18.5. The van der Waals surface area contributed by atoms with Gasteiger partial charge in [0, 0.05) is 38.0 Å². The molecule has 0 unspecified atom stereocenters. The van der Waals surface area contributed by atoms with E-state index in [2.05, 4.69) is 5.32 Å². The topological polar surface area (TPSA) is 67.9 Å². The van der Waals surface area contributed by atoms with Crippen LogP contribution < -0.4 is 14.8 Å². The monoisotopic (exact) mass is 416 g/mol. The van der Waals surface area contributed by atoms with E-state index in [0.717, 1.165) is 55.8 Å². The average molecular weight is 417 g/mol. The average Bonchev–Trinajstić information content (AvgIpc) is 2.79. The van der Waals surface area contributed by atoms with Gasteiger partial charge in [-0.3, -0.25) is 9.59 Å². The first-order valence-corrected chi connectivity index (χ1v) is 11.4. The van der Waals surface area contributed by atoms with Gasteiger partial charge in [-0.15, -0.1) is 0 Å². The van der Waals surface area contributed by atoms with Gasteiger partial charge in [0.25, 0.3) is 0 Å². The van der Waals surface area contributed by atoms with Gasteiger partial charge in [-0.2, -0.15) is 0 Å². The first kappa shape index (κ1) is 22.4. The number of likely N-dealkylation sites (tertiary alicyclic amines) is 1. The van der Waals surface area contributed by atoms with E-state index in [4.69, 9.17) is 9.47 Å². The quantitative estimate of drug-likeness (QED) is 0.703. The third-order valence-electron chi connectivity index (χ3n) is 6.57. The van der Waals surface area contributed by atoms with Crippen LogP contribution in [0.4, 0.5) is 0 Å². The van der Waals surface area contributed by atoms with Crippen molar-refractivity contribution in [3.8, 4) is 11.5 Å². The molecular formula is C24H36N2O4. The smallest absolute Gasteiger partial charge is 0.225 e. The van der Waals surface area contributed by atoms with Crippen LogP contribution in [-0.2, 0) is 16.0 Å². The highest BCUT2D eigenvalue weighted by Crippen LogP contribution is 2.28. The van der Waals surface area contributed by atoms with Crippen molar-refractivity contribution in [1.82, 2.24) is 10.2 Å². The molecule has 1 saturated carbocycles. The summed E-state index contributed by atoms with van der Waals surface area (Å²) in [6, 6.07) is 5.74. The van der Waals surface area contributed by atoms with Gasteiger partial charge in [-0.1, -0.05) is 25.3 Å². The number of hydrogen-bond acceptors (Lipinski definition) is 4. The number of carbonyl (C=O) groups is 2. The van der Waals surface area contributed by atoms with Crippen molar-refractivity contribution < 1.29 is 19.1 Å². The van der Waals surface area contributed by atoms with Crippen molar-refractivity contribution in [1.29, 1.82) is 0 Å². The number of nitrogens with zero attached hydrogens (tertiary/aromatic N) is 1. The Bertz CT molecular complexity index is 707.